The van der Waals surface area contributed by atoms with Crippen LogP contribution in [-0.4, -0.2) is 38.8 Å². The summed E-state index contributed by atoms with van der Waals surface area (Å²) < 4.78 is 0. The number of amides is 1. The summed E-state index contributed by atoms with van der Waals surface area (Å²) in [5.41, 5.74) is 1.96. The number of aryl methyl sites for hydroxylation is 1. The zero-order chi connectivity index (χ0) is 17.6. The quantitative estimate of drug-likeness (QED) is 0.906. The van der Waals surface area contributed by atoms with Crippen LogP contribution < -0.4 is 5.32 Å². The maximum Gasteiger partial charge on any atom is 0.222 e. The summed E-state index contributed by atoms with van der Waals surface area (Å²) in [7, 11) is 0. The zero-order valence-electron chi connectivity index (χ0n) is 14.9. The lowest BCUT2D eigenvalue weighted by molar-refractivity contribution is -0.132. The van der Waals surface area contributed by atoms with Crippen LogP contribution in [0.3, 0.4) is 0 Å². The van der Waals surface area contributed by atoms with Crippen LogP contribution in [0, 0.1) is 12.8 Å². The number of piperidine rings is 1. The second-order valence-corrected chi connectivity index (χ2v) is 6.59. The summed E-state index contributed by atoms with van der Waals surface area (Å²) in [6.07, 6.45) is 5.24. The minimum atomic E-state index is 0.250. The Morgan fingerprint density at radius 1 is 1.32 bits per heavy atom. The van der Waals surface area contributed by atoms with Gasteiger partial charge in [-0.05, 0) is 44.2 Å². The van der Waals surface area contributed by atoms with Crippen molar-refractivity contribution in [3.05, 3.63) is 42.0 Å². The van der Waals surface area contributed by atoms with Crippen LogP contribution in [0.15, 0.2) is 30.6 Å². The molecule has 132 valence electrons. The van der Waals surface area contributed by atoms with E-state index in [9.17, 15) is 4.79 Å². The van der Waals surface area contributed by atoms with Crippen LogP contribution in [0.1, 0.15) is 37.6 Å². The molecule has 0 unspecified atom stereocenters. The first-order valence-electron chi connectivity index (χ1n) is 8.93. The van der Waals surface area contributed by atoms with Gasteiger partial charge in [-0.1, -0.05) is 13.0 Å². The summed E-state index contributed by atoms with van der Waals surface area (Å²) >= 11 is 0. The highest BCUT2D eigenvalue weighted by Crippen LogP contribution is 2.22. The summed E-state index contributed by atoms with van der Waals surface area (Å²) in [4.78, 5) is 27.1. The van der Waals surface area contributed by atoms with Gasteiger partial charge in [0.25, 0.3) is 0 Å². The van der Waals surface area contributed by atoms with Gasteiger partial charge in [-0.15, -0.1) is 0 Å². The van der Waals surface area contributed by atoms with Gasteiger partial charge < -0.3 is 10.2 Å². The molecule has 1 saturated heterocycles. The molecule has 0 aromatic carbocycles. The van der Waals surface area contributed by atoms with Crippen LogP contribution in [-0.2, 0) is 11.2 Å². The average Bonchev–Trinajstić information content (AvgIpc) is 2.61. The van der Waals surface area contributed by atoms with Crippen LogP contribution in [0.5, 0.6) is 0 Å². The molecule has 1 fully saturated rings. The van der Waals surface area contributed by atoms with E-state index in [0.29, 0.717) is 12.3 Å². The highest BCUT2D eigenvalue weighted by Gasteiger charge is 2.23. The average molecular weight is 339 g/mol. The first-order valence-corrected chi connectivity index (χ1v) is 8.93. The number of likely N-dealkylation sites (tertiary alicyclic amines) is 1. The second-order valence-electron chi connectivity index (χ2n) is 6.59. The number of aromatic nitrogens is 3. The molecule has 1 aliphatic rings. The molecule has 0 bridgehead atoms. The molecule has 1 N–H and O–H groups in total. The Hall–Kier alpha value is -2.50. The van der Waals surface area contributed by atoms with Crippen LogP contribution >= 0.6 is 0 Å². The Morgan fingerprint density at radius 2 is 2.20 bits per heavy atom. The summed E-state index contributed by atoms with van der Waals surface area (Å²) in [5.74, 6) is 2.24. The Morgan fingerprint density at radius 3 is 3.00 bits per heavy atom. The molecule has 1 aliphatic heterocycles. The van der Waals surface area contributed by atoms with Crippen molar-refractivity contribution in [2.75, 3.05) is 18.4 Å². The number of rotatable bonds is 5. The van der Waals surface area contributed by atoms with Gasteiger partial charge in [-0.2, -0.15) is 0 Å². The minimum absolute atomic E-state index is 0.250. The summed E-state index contributed by atoms with van der Waals surface area (Å²) in [6.45, 7) is 5.61. The number of hydrogen-bond donors (Lipinski definition) is 1. The molecule has 1 atom stereocenters. The Labute approximate surface area is 148 Å². The number of hydrogen-bond acceptors (Lipinski definition) is 5. The minimum Gasteiger partial charge on any atom is -0.342 e. The van der Waals surface area contributed by atoms with E-state index in [1.54, 1.807) is 6.33 Å². The Balaban J connectivity index is 1.64. The van der Waals surface area contributed by atoms with Gasteiger partial charge in [-0.25, -0.2) is 15.0 Å². The standard InChI is InChI=1S/C19H25N5O/c1-3-19(25)24-9-5-7-15(12-24)10-16-11-18(21-13-20-16)23-17-8-4-6-14(2)22-17/h4,6,8,11,13,15H,3,5,7,9-10,12H2,1-2H3,(H,20,21,22,23)/t15-/m1/s1. The predicted molar refractivity (Wildman–Crippen MR) is 97.6 cm³/mol. The third-order valence-corrected chi connectivity index (χ3v) is 4.54. The third kappa shape index (κ3) is 4.75. The number of carbonyl (C=O) groups is 1. The number of pyridine rings is 1. The van der Waals surface area contributed by atoms with Crippen LogP contribution in [0.25, 0.3) is 0 Å². The molecule has 6 nitrogen and oxygen atoms in total. The van der Waals surface area contributed by atoms with Crippen molar-refractivity contribution in [2.45, 2.75) is 39.5 Å². The van der Waals surface area contributed by atoms with Crippen LogP contribution in [0.2, 0.25) is 0 Å². The van der Waals surface area contributed by atoms with E-state index in [1.165, 1.54) is 0 Å². The third-order valence-electron chi connectivity index (χ3n) is 4.54. The largest absolute Gasteiger partial charge is 0.342 e. The van der Waals surface area contributed by atoms with Gasteiger partial charge in [0.05, 0.1) is 0 Å². The highest BCUT2D eigenvalue weighted by molar-refractivity contribution is 5.75. The van der Waals surface area contributed by atoms with Crippen molar-refractivity contribution in [3.63, 3.8) is 0 Å². The fourth-order valence-corrected chi connectivity index (χ4v) is 3.30. The van der Waals surface area contributed by atoms with E-state index in [1.807, 2.05) is 43.0 Å². The first kappa shape index (κ1) is 17.3. The van der Waals surface area contributed by atoms with E-state index < -0.39 is 0 Å². The highest BCUT2D eigenvalue weighted by atomic mass is 16.2. The Bertz CT molecular complexity index is 733. The molecular weight excluding hydrogens is 314 g/mol. The lowest BCUT2D eigenvalue weighted by atomic mass is 9.93. The molecule has 3 heterocycles. The van der Waals surface area contributed by atoms with Crippen molar-refractivity contribution >= 4 is 17.5 Å². The molecular formula is C19H25N5O. The van der Waals surface area contributed by atoms with Crippen molar-refractivity contribution < 1.29 is 4.79 Å². The SMILES string of the molecule is CCC(=O)N1CCC[C@H](Cc2cc(Nc3cccc(C)n3)ncn2)C1. The smallest absolute Gasteiger partial charge is 0.222 e. The number of anilines is 2. The van der Waals surface area contributed by atoms with Gasteiger partial charge in [0.2, 0.25) is 5.91 Å². The lowest BCUT2D eigenvalue weighted by Gasteiger charge is -2.32. The molecule has 0 spiro atoms. The maximum atomic E-state index is 11.9. The van der Waals surface area contributed by atoms with Crippen molar-refractivity contribution in [3.8, 4) is 0 Å². The van der Waals surface area contributed by atoms with Gasteiger partial charge in [0, 0.05) is 37.0 Å². The van der Waals surface area contributed by atoms with E-state index in [0.717, 1.165) is 55.4 Å². The normalized spacial score (nSPS) is 17.4. The topological polar surface area (TPSA) is 71.0 Å². The van der Waals surface area contributed by atoms with Gasteiger partial charge in [-0.3, -0.25) is 4.79 Å². The second kappa shape index (κ2) is 8.05. The molecule has 2 aromatic rings. The molecule has 6 heteroatoms. The predicted octanol–water partition coefficient (Wildman–Crippen LogP) is 3.11. The van der Waals surface area contributed by atoms with E-state index in [-0.39, 0.29) is 5.91 Å². The van der Waals surface area contributed by atoms with Gasteiger partial charge >= 0.3 is 0 Å². The number of nitrogens with zero attached hydrogens (tertiary/aromatic N) is 4. The molecule has 1 amide bonds. The van der Waals surface area contributed by atoms with E-state index >= 15 is 0 Å². The molecule has 3 rings (SSSR count). The molecule has 0 saturated carbocycles. The van der Waals surface area contributed by atoms with Crippen molar-refractivity contribution in [2.24, 2.45) is 5.92 Å². The van der Waals surface area contributed by atoms with Crippen molar-refractivity contribution in [1.82, 2.24) is 19.9 Å². The summed E-state index contributed by atoms with van der Waals surface area (Å²) in [5, 5.41) is 3.23. The first-order chi connectivity index (χ1) is 12.1. The monoisotopic (exact) mass is 339 g/mol. The molecule has 25 heavy (non-hydrogen) atoms. The maximum absolute atomic E-state index is 11.9. The lowest BCUT2D eigenvalue weighted by Crippen LogP contribution is -2.40. The number of nitrogens with one attached hydrogen (secondary N) is 1. The number of carbonyl (C=O) groups excluding carboxylic acids is 1. The van der Waals surface area contributed by atoms with Crippen LogP contribution in [0.4, 0.5) is 11.6 Å². The van der Waals surface area contributed by atoms with Gasteiger partial charge in [0.15, 0.2) is 0 Å². The zero-order valence-corrected chi connectivity index (χ0v) is 14.9. The molecule has 2 aromatic heterocycles. The fourth-order valence-electron chi connectivity index (χ4n) is 3.30. The van der Waals surface area contributed by atoms with Gasteiger partial charge in [0.1, 0.15) is 18.0 Å². The molecule has 0 radical (unpaired) electrons. The Kier molecular flexibility index (Phi) is 5.58. The fraction of sp³-hybridized carbons (Fsp3) is 0.474. The van der Waals surface area contributed by atoms with Crippen molar-refractivity contribution in [1.29, 1.82) is 0 Å². The summed E-state index contributed by atoms with van der Waals surface area (Å²) in [6, 6.07) is 7.83. The molecule has 0 aliphatic carbocycles. The van der Waals surface area contributed by atoms with E-state index in [4.69, 9.17) is 0 Å². The van der Waals surface area contributed by atoms with E-state index in [2.05, 4.69) is 20.3 Å².